The number of ether oxygens (including phenoxy) is 1. The van der Waals surface area contributed by atoms with Gasteiger partial charge in [-0.2, -0.15) is 0 Å². The van der Waals surface area contributed by atoms with Gasteiger partial charge in [0.15, 0.2) is 0 Å². The van der Waals surface area contributed by atoms with Crippen molar-refractivity contribution in [1.29, 1.82) is 0 Å². The molecule has 0 bridgehead atoms. The highest BCUT2D eigenvalue weighted by molar-refractivity contribution is 5.87. The van der Waals surface area contributed by atoms with Crippen molar-refractivity contribution in [3.63, 3.8) is 0 Å². The van der Waals surface area contributed by atoms with E-state index in [-0.39, 0.29) is 17.5 Å². The summed E-state index contributed by atoms with van der Waals surface area (Å²) in [6.45, 7) is 0. The third-order valence-electron chi connectivity index (χ3n) is 2.24. The molecule has 0 saturated carbocycles. The third-order valence-corrected chi connectivity index (χ3v) is 2.24. The Hall–Kier alpha value is -1.95. The van der Waals surface area contributed by atoms with Gasteiger partial charge >= 0.3 is 11.9 Å². The standard InChI is InChI=1S/C11H12FNO4/c1-17-11(16)9(13)5-7-4-6(10(14)15)2-3-8(7)12/h2-4,9H,5,13H2,1H3,(H,14,15)/t9-/m1/s1. The highest BCUT2D eigenvalue weighted by atomic mass is 19.1. The fourth-order valence-electron chi connectivity index (χ4n) is 1.34. The second-order valence-electron chi connectivity index (χ2n) is 3.45. The first-order chi connectivity index (χ1) is 7.95. The molecule has 0 unspecified atom stereocenters. The number of carbonyl (C=O) groups is 2. The molecule has 0 fully saturated rings. The number of carbonyl (C=O) groups excluding carboxylic acids is 1. The molecule has 0 amide bonds. The minimum atomic E-state index is -1.17. The van der Waals surface area contributed by atoms with E-state index in [2.05, 4.69) is 4.74 Å². The number of hydrogen-bond donors (Lipinski definition) is 2. The fourth-order valence-corrected chi connectivity index (χ4v) is 1.34. The van der Waals surface area contributed by atoms with E-state index in [1.807, 2.05) is 0 Å². The second-order valence-corrected chi connectivity index (χ2v) is 3.45. The minimum Gasteiger partial charge on any atom is -0.478 e. The van der Waals surface area contributed by atoms with Crippen LogP contribution in [0, 0.1) is 5.82 Å². The summed E-state index contributed by atoms with van der Waals surface area (Å²) in [5, 5.41) is 8.74. The third kappa shape index (κ3) is 3.25. The predicted molar refractivity (Wildman–Crippen MR) is 57.1 cm³/mol. The molecule has 0 aliphatic rings. The van der Waals surface area contributed by atoms with Crippen LogP contribution in [-0.2, 0) is 16.0 Å². The monoisotopic (exact) mass is 241 g/mol. The van der Waals surface area contributed by atoms with Gasteiger partial charge in [0.1, 0.15) is 11.9 Å². The van der Waals surface area contributed by atoms with Crippen molar-refractivity contribution < 1.29 is 23.8 Å². The Morgan fingerprint density at radius 2 is 2.18 bits per heavy atom. The number of esters is 1. The van der Waals surface area contributed by atoms with Gasteiger partial charge in [-0.1, -0.05) is 0 Å². The first kappa shape index (κ1) is 13.1. The summed E-state index contributed by atoms with van der Waals surface area (Å²) in [5.74, 6) is -2.45. The fraction of sp³-hybridized carbons (Fsp3) is 0.273. The summed E-state index contributed by atoms with van der Waals surface area (Å²) < 4.78 is 17.8. The lowest BCUT2D eigenvalue weighted by Gasteiger charge is -2.10. The van der Waals surface area contributed by atoms with Crippen molar-refractivity contribution in [3.8, 4) is 0 Å². The lowest BCUT2D eigenvalue weighted by Crippen LogP contribution is -2.34. The first-order valence-electron chi connectivity index (χ1n) is 4.81. The lowest BCUT2D eigenvalue weighted by molar-refractivity contribution is -0.142. The van der Waals surface area contributed by atoms with Crippen molar-refractivity contribution >= 4 is 11.9 Å². The van der Waals surface area contributed by atoms with Gasteiger partial charge in [-0.05, 0) is 23.8 Å². The lowest BCUT2D eigenvalue weighted by atomic mass is 10.0. The average Bonchev–Trinajstić information content (AvgIpc) is 2.30. The largest absolute Gasteiger partial charge is 0.478 e. The van der Waals surface area contributed by atoms with Gasteiger partial charge < -0.3 is 15.6 Å². The smallest absolute Gasteiger partial charge is 0.335 e. The van der Waals surface area contributed by atoms with Crippen LogP contribution >= 0.6 is 0 Å². The summed E-state index contributed by atoms with van der Waals surface area (Å²) in [6.07, 6.45) is -0.111. The SMILES string of the molecule is COC(=O)[C@H](N)Cc1cc(C(=O)O)ccc1F. The molecule has 5 nitrogen and oxygen atoms in total. The van der Waals surface area contributed by atoms with E-state index in [4.69, 9.17) is 10.8 Å². The highest BCUT2D eigenvalue weighted by Gasteiger charge is 2.17. The summed E-state index contributed by atoms with van der Waals surface area (Å²) in [4.78, 5) is 21.8. The number of aromatic carboxylic acids is 1. The molecule has 17 heavy (non-hydrogen) atoms. The molecule has 0 radical (unpaired) electrons. The number of nitrogens with two attached hydrogens (primary N) is 1. The second kappa shape index (κ2) is 5.40. The predicted octanol–water partition coefficient (Wildman–Crippen LogP) is 0.567. The van der Waals surface area contributed by atoms with Gasteiger partial charge in [-0.15, -0.1) is 0 Å². The van der Waals surface area contributed by atoms with Crippen LogP contribution in [0.1, 0.15) is 15.9 Å². The molecule has 3 N–H and O–H groups in total. The van der Waals surface area contributed by atoms with Crippen molar-refractivity contribution in [2.75, 3.05) is 7.11 Å². The van der Waals surface area contributed by atoms with Crippen LogP contribution in [0.15, 0.2) is 18.2 Å². The molecule has 1 rings (SSSR count). The minimum absolute atomic E-state index is 0.0570. The molecular formula is C11H12FNO4. The Balaban J connectivity index is 2.93. The van der Waals surface area contributed by atoms with E-state index in [0.29, 0.717) is 0 Å². The van der Waals surface area contributed by atoms with E-state index in [1.165, 1.54) is 7.11 Å². The maximum atomic E-state index is 13.4. The Morgan fingerprint density at radius 1 is 1.53 bits per heavy atom. The van der Waals surface area contributed by atoms with Crippen LogP contribution < -0.4 is 5.73 Å². The van der Waals surface area contributed by atoms with E-state index >= 15 is 0 Å². The van der Waals surface area contributed by atoms with Gasteiger partial charge in [0, 0.05) is 6.42 Å². The summed E-state index contributed by atoms with van der Waals surface area (Å²) in [7, 11) is 1.17. The number of benzene rings is 1. The maximum absolute atomic E-state index is 13.4. The average molecular weight is 241 g/mol. The summed E-state index contributed by atoms with van der Waals surface area (Å²) in [6, 6.07) is 2.31. The van der Waals surface area contributed by atoms with Crippen LogP contribution in [0.3, 0.4) is 0 Å². The zero-order chi connectivity index (χ0) is 13.0. The van der Waals surface area contributed by atoms with Gasteiger partial charge in [-0.25, -0.2) is 9.18 Å². The van der Waals surface area contributed by atoms with Crippen LogP contribution in [0.4, 0.5) is 4.39 Å². The number of carboxylic acids is 1. The Labute approximate surface area is 97.0 Å². The van der Waals surface area contributed by atoms with Crippen molar-refractivity contribution in [1.82, 2.24) is 0 Å². The summed E-state index contributed by atoms with van der Waals surface area (Å²) >= 11 is 0. The molecule has 6 heteroatoms. The molecule has 0 heterocycles. The maximum Gasteiger partial charge on any atom is 0.335 e. The zero-order valence-electron chi connectivity index (χ0n) is 9.14. The number of hydrogen-bond acceptors (Lipinski definition) is 4. The highest BCUT2D eigenvalue weighted by Crippen LogP contribution is 2.13. The van der Waals surface area contributed by atoms with Gasteiger partial charge in [-0.3, -0.25) is 4.79 Å². The molecule has 0 aliphatic carbocycles. The van der Waals surface area contributed by atoms with Crippen LogP contribution in [0.25, 0.3) is 0 Å². The molecular weight excluding hydrogens is 229 g/mol. The number of rotatable bonds is 4. The quantitative estimate of drug-likeness (QED) is 0.752. The first-order valence-corrected chi connectivity index (χ1v) is 4.81. The normalized spacial score (nSPS) is 11.9. The topological polar surface area (TPSA) is 89.6 Å². The van der Waals surface area contributed by atoms with Crippen molar-refractivity contribution in [2.45, 2.75) is 12.5 Å². The Bertz CT molecular complexity index is 447. The van der Waals surface area contributed by atoms with Crippen molar-refractivity contribution in [2.24, 2.45) is 5.73 Å². The molecule has 0 aromatic heterocycles. The van der Waals surface area contributed by atoms with E-state index in [0.717, 1.165) is 18.2 Å². The van der Waals surface area contributed by atoms with Gasteiger partial charge in [0.25, 0.3) is 0 Å². The van der Waals surface area contributed by atoms with E-state index in [9.17, 15) is 14.0 Å². The van der Waals surface area contributed by atoms with Crippen LogP contribution in [-0.4, -0.2) is 30.2 Å². The number of halogens is 1. The molecule has 92 valence electrons. The van der Waals surface area contributed by atoms with Crippen LogP contribution in [0.2, 0.25) is 0 Å². The molecule has 1 atom stereocenters. The molecule has 0 saturated heterocycles. The van der Waals surface area contributed by atoms with E-state index < -0.39 is 23.8 Å². The molecule has 1 aromatic carbocycles. The number of methoxy groups -OCH3 is 1. The van der Waals surface area contributed by atoms with E-state index in [1.54, 1.807) is 0 Å². The molecule has 0 aliphatic heterocycles. The number of carboxylic acid groups (broad SMARTS) is 1. The Morgan fingerprint density at radius 3 is 2.71 bits per heavy atom. The Kier molecular flexibility index (Phi) is 4.17. The van der Waals surface area contributed by atoms with Gasteiger partial charge in [0.05, 0.1) is 12.7 Å². The van der Waals surface area contributed by atoms with Gasteiger partial charge in [0.2, 0.25) is 0 Å². The zero-order valence-corrected chi connectivity index (χ0v) is 9.14. The molecule has 0 spiro atoms. The summed E-state index contributed by atoms with van der Waals surface area (Å²) in [5.41, 5.74) is 5.48. The van der Waals surface area contributed by atoms with Crippen LogP contribution in [0.5, 0.6) is 0 Å². The van der Waals surface area contributed by atoms with Crippen molar-refractivity contribution in [3.05, 3.63) is 35.1 Å². The molecule has 1 aromatic rings.